The van der Waals surface area contributed by atoms with Crippen LogP contribution in [-0.2, 0) is 9.84 Å². The van der Waals surface area contributed by atoms with Crippen LogP contribution in [0.5, 0.6) is 0 Å². The summed E-state index contributed by atoms with van der Waals surface area (Å²) in [6.07, 6.45) is 2.07. The van der Waals surface area contributed by atoms with E-state index >= 15 is 0 Å². The Labute approximate surface area is 91.4 Å². The predicted octanol–water partition coefficient (Wildman–Crippen LogP) is 1.29. The Morgan fingerprint density at radius 3 is 2.73 bits per heavy atom. The fourth-order valence-electron chi connectivity index (χ4n) is 1.83. The molecule has 1 N–H and O–H groups in total. The maximum Gasteiger partial charge on any atom is 0.150 e. The Morgan fingerprint density at radius 2 is 2.20 bits per heavy atom. The lowest BCUT2D eigenvalue weighted by molar-refractivity contribution is 0.213. The largest absolute Gasteiger partial charge is 0.311 e. The third-order valence-electron chi connectivity index (χ3n) is 2.93. The van der Waals surface area contributed by atoms with E-state index in [0.717, 1.165) is 25.8 Å². The maximum atomic E-state index is 13.6. The third-order valence-corrected chi connectivity index (χ3v) is 4.67. The van der Waals surface area contributed by atoms with Crippen molar-refractivity contribution in [1.29, 1.82) is 0 Å². The Bertz CT molecular complexity index is 273. The Balaban J connectivity index is 2.31. The number of piperidine rings is 1. The molecule has 0 aromatic rings. The molecule has 90 valence electrons. The minimum atomic E-state index is -3.02. The topological polar surface area (TPSA) is 46.2 Å². The van der Waals surface area contributed by atoms with E-state index in [0.29, 0.717) is 0 Å². The molecule has 0 radical (unpaired) electrons. The SMILES string of the molecule is CCS(=O)(=O)CCC(F)C1CCCCN1. The molecule has 0 spiro atoms. The van der Waals surface area contributed by atoms with E-state index in [2.05, 4.69) is 5.32 Å². The van der Waals surface area contributed by atoms with Crippen molar-refractivity contribution in [3.05, 3.63) is 0 Å². The lowest BCUT2D eigenvalue weighted by Crippen LogP contribution is -2.41. The van der Waals surface area contributed by atoms with Crippen molar-refractivity contribution >= 4 is 9.84 Å². The van der Waals surface area contributed by atoms with Crippen molar-refractivity contribution < 1.29 is 12.8 Å². The number of hydrogen-bond acceptors (Lipinski definition) is 3. The fourth-order valence-corrected chi connectivity index (χ4v) is 2.70. The van der Waals surface area contributed by atoms with Crippen LogP contribution in [0.25, 0.3) is 0 Å². The number of sulfone groups is 1. The van der Waals surface area contributed by atoms with Gasteiger partial charge in [-0.2, -0.15) is 0 Å². The standard InChI is InChI=1S/C10H20FNO2S/c1-2-15(13,14)8-6-9(11)10-5-3-4-7-12-10/h9-10,12H,2-8H2,1H3. The smallest absolute Gasteiger partial charge is 0.150 e. The normalized spacial score (nSPS) is 25.1. The molecule has 0 bridgehead atoms. The monoisotopic (exact) mass is 237 g/mol. The van der Waals surface area contributed by atoms with Crippen LogP contribution in [0.15, 0.2) is 0 Å². The summed E-state index contributed by atoms with van der Waals surface area (Å²) in [5.74, 6) is 0.0840. The van der Waals surface area contributed by atoms with Gasteiger partial charge in [-0.15, -0.1) is 0 Å². The van der Waals surface area contributed by atoms with E-state index in [1.165, 1.54) is 0 Å². The third kappa shape index (κ3) is 4.47. The van der Waals surface area contributed by atoms with Gasteiger partial charge >= 0.3 is 0 Å². The molecule has 1 saturated heterocycles. The number of hydrogen-bond donors (Lipinski definition) is 1. The van der Waals surface area contributed by atoms with Crippen LogP contribution in [0.3, 0.4) is 0 Å². The highest BCUT2D eigenvalue weighted by Gasteiger charge is 2.24. The quantitative estimate of drug-likeness (QED) is 0.784. The lowest BCUT2D eigenvalue weighted by atomic mass is 9.99. The minimum Gasteiger partial charge on any atom is -0.311 e. The van der Waals surface area contributed by atoms with Crippen LogP contribution in [0.2, 0.25) is 0 Å². The summed E-state index contributed by atoms with van der Waals surface area (Å²) in [6, 6.07) is -0.134. The summed E-state index contributed by atoms with van der Waals surface area (Å²) in [7, 11) is -3.02. The molecule has 0 aromatic carbocycles. The van der Waals surface area contributed by atoms with Gasteiger partial charge < -0.3 is 5.32 Å². The van der Waals surface area contributed by atoms with E-state index in [9.17, 15) is 12.8 Å². The molecule has 2 unspecified atom stereocenters. The first-order valence-corrected chi connectivity index (χ1v) is 7.45. The van der Waals surface area contributed by atoms with Crippen molar-refractivity contribution in [1.82, 2.24) is 5.32 Å². The van der Waals surface area contributed by atoms with Gasteiger partial charge in [0.1, 0.15) is 16.0 Å². The molecule has 0 aromatic heterocycles. The molecule has 5 heteroatoms. The maximum absolute atomic E-state index is 13.6. The summed E-state index contributed by atoms with van der Waals surface area (Å²) in [6.45, 7) is 2.45. The first-order valence-electron chi connectivity index (χ1n) is 5.63. The van der Waals surface area contributed by atoms with Crippen molar-refractivity contribution in [2.45, 2.75) is 44.8 Å². The second-order valence-electron chi connectivity index (χ2n) is 4.10. The second-order valence-corrected chi connectivity index (χ2v) is 6.57. The van der Waals surface area contributed by atoms with Gasteiger partial charge in [0.15, 0.2) is 0 Å². The molecule has 1 aliphatic rings. The zero-order chi connectivity index (χ0) is 11.3. The van der Waals surface area contributed by atoms with Crippen LogP contribution in [0, 0.1) is 0 Å². The number of halogens is 1. The molecule has 0 aliphatic carbocycles. The van der Waals surface area contributed by atoms with Crippen molar-refractivity contribution in [3.63, 3.8) is 0 Å². The summed E-state index contributed by atoms with van der Waals surface area (Å²) in [4.78, 5) is 0. The van der Waals surface area contributed by atoms with Gasteiger partial charge in [-0.25, -0.2) is 12.8 Å². The van der Waals surface area contributed by atoms with Crippen LogP contribution in [0.1, 0.15) is 32.6 Å². The molecule has 1 aliphatic heterocycles. The zero-order valence-corrected chi connectivity index (χ0v) is 10.0. The van der Waals surface area contributed by atoms with E-state index in [1.807, 2.05) is 0 Å². The van der Waals surface area contributed by atoms with E-state index < -0.39 is 16.0 Å². The molecule has 1 heterocycles. The highest BCUT2D eigenvalue weighted by atomic mass is 32.2. The summed E-state index contributed by atoms with van der Waals surface area (Å²) in [5.41, 5.74) is 0. The Hall–Kier alpha value is -0.160. The van der Waals surface area contributed by atoms with E-state index in [4.69, 9.17) is 0 Å². The number of alkyl halides is 1. The molecular weight excluding hydrogens is 217 g/mol. The molecule has 3 nitrogen and oxygen atoms in total. The molecule has 15 heavy (non-hydrogen) atoms. The summed E-state index contributed by atoms with van der Waals surface area (Å²) < 4.78 is 36.0. The van der Waals surface area contributed by atoms with Gasteiger partial charge in [-0.3, -0.25) is 0 Å². The lowest BCUT2D eigenvalue weighted by Gasteiger charge is -2.26. The molecule has 1 fully saturated rings. The van der Waals surface area contributed by atoms with Crippen LogP contribution in [-0.4, -0.2) is 38.7 Å². The Kier molecular flexibility index (Phi) is 4.99. The molecular formula is C10H20FNO2S. The van der Waals surface area contributed by atoms with Gasteiger partial charge in [0.2, 0.25) is 0 Å². The molecule has 1 rings (SSSR count). The van der Waals surface area contributed by atoms with Crippen LogP contribution >= 0.6 is 0 Å². The molecule has 2 atom stereocenters. The number of rotatable bonds is 5. The summed E-state index contributed by atoms with van der Waals surface area (Å²) >= 11 is 0. The zero-order valence-electron chi connectivity index (χ0n) is 9.21. The first-order chi connectivity index (χ1) is 7.05. The van der Waals surface area contributed by atoms with Crippen molar-refractivity contribution in [2.24, 2.45) is 0 Å². The van der Waals surface area contributed by atoms with Crippen LogP contribution < -0.4 is 5.32 Å². The average Bonchev–Trinajstić information content (AvgIpc) is 2.27. The average molecular weight is 237 g/mol. The molecule has 0 saturated carbocycles. The van der Waals surface area contributed by atoms with Gasteiger partial charge in [0.05, 0.1) is 5.75 Å². The second kappa shape index (κ2) is 5.80. The molecule has 0 amide bonds. The number of nitrogens with one attached hydrogen (secondary N) is 1. The minimum absolute atomic E-state index is 0.0250. The fraction of sp³-hybridized carbons (Fsp3) is 1.00. The van der Waals surface area contributed by atoms with Crippen molar-refractivity contribution in [2.75, 3.05) is 18.1 Å². The van der Waals surface area contributed by atoms with Gasteiger partial charge in [0.25, 0.3) is 0 Å². The predicted molar refractivity (Wildman–Crippen MR) is 59.5 cm³/mol. The first kappa shape index (κ1) is 12.9. The summed E-state index contributed by atoms with van der Waals surface area (Å²) in [5, 5.41) is 3.10. The van der Waals surface area contributed by atoms with Crippen molar-refractivity contribution in [3.8, 4) is 0 Å². The van der Waals surface area contributed by atoms with Gasteiger partial charge in [0, 0.05) is 11.8 Å². The van der Waals surface area contributed by atoms with Gasteiger partial charge in [-0.05, 0) is 25.8 Å². The highest BCUT2D eigenvalue weighted by Crippen LogP contribution is 2.16. The highest BCUT2D eigenvalue weighted by molar-refractivity contribution is 7.91. The van der Waals surface area contributed by atoms with E-state index in [1.54, 1.807) is 6.92 Å². The van der Waals surface area contributed by atoms with Gasteiger partial charge in [-0.1, -0.05) is 13.3 Å². The Morgan fingerprint density at radius 1 is 1.47 bits per heavy atom. The van der Waals surface area contributed by atoms with Crippen LogP contribution in [0.4, 0.5) is 4.39 Å². The van der Waals surface area contributed by atoms with E-state index in [-0.39, 0.29) is 24.0 Å².